The van der Waals surface area contributed by atoms with Crippen LogP contribution in [0.5, 0.6) is 0 Å². The van der Waals surface area contributed by atoms with Crippen LogP contribution in [0.3, 0.4) is 0 Å². The summed E-state index contributed by atoms with van der Waals surface area (Å²) in [7, 11) is 0. The van der Waals surface area contributed by atoms with Gasteiger partial charge in [-0.05, 0) is 203 Å². The first-order valence-corrected chi connectivity index (χ1v) is 30.3. The summed E-state index contributed by atoms with van der Waals surface area (Å²) in [5, 5.41) is 5.07. The zero-order valence-corrected chi connectivity index (χ0v) is 48.9. The molecule has 0 heterocycles. The molecule has 0 unspecified atom stereocenters. The van der Waals surface area contributed by atoms with Crippen molar-refractivity contribution in [2.75, 3.05) is 0 Å². The standard InChI is InChI=1S/C86H62/c1-85(2)81-51-73(67-33-25-63(26-34-67)59-17-13-57(14-18-59)61-21-29-65(30-22-61)71-39-37-55-9-5-7-11-69(55)49-71)41-45-77(81)79-47-43-75(53-83(79)85)76-44-48-80-78-46-42-74(52-82(78)86(3,4)84(80)54-76)68-35-27-64(28-36-68)60-19-15-58(16-20-60)62-23-31-66(32-24-62)72-40-38-56-10-6-8-12-70(56)50-72/h5-54H,1-4H3. The molecule has 0 radical (unpaired) electrons. The van der Waals surface area contributed by atoms with Crippen LogP contribution in [0.15, 0.2) is 303 Å². The molecule has 14 aromatic rings. The molecule has 0 atom stereocenters. The maximum absolute atomic E-state index is 2.47. The molecular weight excluding hydrogens is 1030 g/mol. The van der Waals surface area contributed by atoms with Gasteiger partial charge in [0, 0.05) is 10.8 Å². The smallest absolute Gasteiger partial charge is 0.0159 e. The largest absolute Gasteiger partial charge is 0.0616 e. The molecule has 2 aliphatic carbocycles. The van der Waals surface area contributed by atoms with Crippen LogP contribution in [0.1, 0.15) is 49.9 Å². The zero-order chi connectivity index (χ0) is 57.7. The van der Waals surface area contributed by atoms with Crippen molar-refractivity contribution in [1.29, 1.82) is 0 Å². The number of rotatable bonds is 9. The lowest BCUT2D eigenvalue weighted by atomic mass is 9.79. The van der Waals surface area contributed by atoms with Gasteiger partial charge in [0.25, 0.3) is 0 Å². The van der Waals surface area contributed by atoms with Crippen LogP contribution in [0.25, 0.3) is 144 Å². The van der Waals surface area contributed by atoms with E-state index in [9.17, 15) is 0 Å². The first kappa shape index (κ1) is 51.3. The maximum atomic E-state index is 2.47. The van der Waals surface area contributed by atoms with E-state index in [0.29, 0.717) is 0 Å². The van der Waals surface area contributed by atoms with E-state index >= 15 is 0 Å². The van der Waals surface area contributed by atoms with Crippen molar-refractivity contribution < 1.29 is 0 Å². The fourth-order valence-electron chi connectivity index (χ4n) is 14.1. The number of fused-ring (bicyclic) bond motifs is 8. The van der Waals surface area contributed by atoms with Gasteiger partial charge in [0.2, 0.25) is 0 Å². The van der Waals surface area contributed by atoms with E-state index in [4.69, 9.17) is 0 Å². The highest BCUT2D eigenvalue weighted by molar-refractivity contribution is 5.92. The summed E-state index contributed by atoms with van der Waals surface area (Å²) in [5.74, 6) is 0. The molecule has 0 heteroatoms. The molecule has 0 N–H and O–H groups in total. The van der Waals surface area contributed by atoms with Crippen molar-refractivity contribution in [3.8, 4) is 122 Å². The minimum Gasteiger partial charge on any atom is -0.0616 e. The lowest BCUT2D eigenvalue weighted by Crippen LogP contribution is -2.15. The summed E-state index contributed by atoms with van der Waals surface area (Å²) in [6, 6.07) is 113. The van der Waals surface area contributed by atoms with Gasteiger partial charge in [0.1, 0.15) is 0 Å². The molecule has 86 heavy (non-hydrogen) atoms. The Balaban J connectivity index is 0.588. The number of benzene rings is 14. The zero-order valence-electron chi connectivity index (χ0n) is 48.9. The van der Waals surface area contributed by atoms with Gasteiger partial charge in [-0.1, -0.05) is 295 Å². The average Bonchev–Trinajstić information content (AvgIpc) is 1.86. The van der Waals surface area contributed by atoms with E-state index < -0.39 is 0 Å². The number of hydrogen-bond acceptors (Lipinski definition) is 0. The monoisotopic (exact) mass is 1090 g/mol. The Morgan fingerprint density at radius 3 is 0.547 bits per heavy atom. The normalized spacial score (nSPS) is 13.3. The van der Waals surface area contributed by atoms with E-state index in [1.54, 1.807) is 0 Å². The SMILES string of the molecule is CC1(C)c2cc(-c3ccc(-c4ccc(-c5ccc(-c6ccc7ccccc7c6)cc5)cc4)cc3)ccc2-c2ccc(-c3ccc4c(c3)C(C)(C)c3cc(-c5ccc(-c6ccc(-c7ccc(-c8ccc9ccccc9c8)cc7)cc6)cc5)ccc3-4)cc21. The highest BCUT2D eigenvalue weighted by Crippen LogP contribution is 2.53. The van der Waals surface area contributed by atoms with Gasteiger partial charge in [-0.25, -0.2) is 0 Å². The third-order valence-electron chi connectivity index (χ3n) is 19.2. The quantitative estimate of drug-likeness (QED) is 0.135. The van der Waals surface area contributed by atoms with Crippen LogP contribution in [-0.2, 0) is 10.8 Å². The molecule has 0 fully saturated rings. The predicted molar refractivity (Wildman–Crippen MR) is 366 cm³/mol. The van der Waals surface area contributed by atoms with Crippen molar-refractivity contribution >= 4 is 21.5 Å². The van der Waals surface area contributed by atoms with Crippen LogP contribution in [0.2, 0.25) is 0 Å². The topological polar surface area (TPSA) is 0 Å². The van der Waals surface area contributed by atoms with Gasteiger partial charge >= 0.3 is 0 Å². The molecule has 2 aliphatic rings. The van der Waals surface area contributed by atoms with Crippen LogP contribution in [-0.4, -0.2) is 0 Å². The van der Waals surface area contributed by atoms with Crippen molar-refractivity contribution in [1.82, 2.24) is 0 Å². The molecule has 0 saturated heterocycles. The Bertz CT molecular complexity index is 4640. The molecule has 0 nitrogen and oxygen atoms in total. The fraction of sp³-hybridized carbons (Fsp3) is 0.0698. The van der Waals surface area contributed by atoms with Crippen molar-refractivity contribution in [3.05, 3.63) is 326 Å². The molecule has 14 aromatic carbocycles. The Kier molecular flexibility index (Phi) is 12.0. The molecular formula is C86H62. The van der Waals surface area contributed by atoms with E-state index in [-0.39, 0.29) is 10.8 Å². The third kappa shape index (κ3) is 8.83. The molecule has 0 spiro atoms. The Labute approximate surface area is 505 Å². The molecule has 406 valence electrons. The van der Waals surface area contributed by atoms with Gasteiger partial charge in [0.15, 0.2) is 0 Å². The van der Waals surface area contributed by atoms with E-state index in [2.05, 4.69) is 331 Å². The average molecular weight is 1100 g/mol. The lowest BCUT2D eigenvalue weighted by molar-refractivity contribution is 0.660. The van der Waals surface area contributed by atoms with Gasteiger partial charge in [-0.3, -0.25) is 0 Å². The fourth-order valence-corrected chi connectivity index (χ4v) is 14.1. The molecule has 0 amide bonds. The lowest BCUT2D eigenvalue weighted by Gasteiger charge is -2.24. The predicted octanol–water partition coefficient (Wildman–Crippen LogP) is 23.6. The summed E-state index contributed by atoms with van der Waals surface area (Å²) in [5.41, 5.74) is 32.7. The van der Waals surface area contributed by atoms with Crippen LogP contribution in [0, 0.1) is 0 Å². The minimum atomic E-state index is -0.158. The van der Waals surface area contributed by atoms with Gasteiger partial charge in [0.05, 0.1) is 0 Å². The molecule has 0 aromatic heterocycles. The van der Waals surface area contributed by atoms with E-state index in [0.717, 1.165) is 0 Å². The van der Waals surface area contributed by atoms with E-state index in [1.807, 2.05) is 0 Å². The first-order valence-electron chi connectivity index (χ1n) is 30.3. The van der Waals surface area contributed by atoms with Crippen molar-refractivity contribution in [2.45, 2.75) is 38.5 Å². The second kappa shape index (κ2) is 20.2. The van der Waals surface area contributed by atoms with Crippen LogP contribution < -0.4 is 0 Å². The maximum Gasteiger partial charge on any atom is 0.0159 e. The van der Waals surface area contributed by atoms with Crippen LogP contribution >= 0.6 is 0 Å². The second-order valence-corrected chi connectivity index (χ2v) is 24.9. The molecule has 16 rings (SSSR count). The highest BCUT2D eigenvalue weighted by Gasteiger charge is 2.38. The molecule has 0 saturated carbocycles. The number of hydrogen-bond donors (Lipinski definition) is 0. The van der Waals surface area contributed by atoms with Crippen molar-refractivity contribution in [3.63, 3.8) is 0 Å². The van der Waals surface area contributed by atoms with Crippen LogP contribution in [0.4, 0.5) is 0 Å². The summed E-state index contributed by atoms with van der Waals surface area (Å²) in [6.45, 7) is 9.60. The van der Waals surface area contributed by atoms with Crippen molar-refractivity contribution in [2.24, 2.45) is 0 Å². The van der Waals surface area contributed by atoms with E-state index in [1.165, 1.54) is 166 Å². The minimum absolute atomic E-state index is 0.158. The highest BCUT2D eigenvalue weighted by atomic mass is 14.4. The summed E-state index contributed by atoms with van der Waals surface area (Å²) in [6.07, 6.45) is 0. The summed E-state index contributed by atoms with van der Waals surface area (Å²) < 4.78 is 0. The first-order chi connectivity index (χ1) is 42.1. The molecule has 0 bridgehead atoms. The second-order valence-electron chi connectivity index (χ2n) is 24.9. The third-order valence-corrected chi connectivity index (χ3v) is 19.2. The Hall–Kier alpha value is -10.4. The summed E-state index contributed by atoms with van der Waals surface area (Å²) in [4.78, 5) is 0. The van der Waals surface area contributed by atoms with Gasteiger partial charge < -0.3 is 0 Å². The Morgan fingerprint density at radius 2 is 0.314 bits per heavy atom. The van der Waals surface area contributed by atoms with Gasteiger partial charge in [-0.2, -0.15) is 0 Å². The molecule has 0 aliphatic heterocycles. The van der Waals surface area contributed by atoms with Gasteiger partial charge in [-0.15, -0.1) is 0 Å². The Morgan fingerprint density at radius 1 is 0.151 bits per heavy atom. The summed E-state index contributed by atoms with van der Waals surface area (Å²) >= 11 is 0.